The zero-order chi connectivity index (χ0) is 27.0. The van der Waals surface area contributed by atoms with E-state index in [-0.39, 0.29) is 35.3 Å². The highest BCUT2D eigenvalue weighted by Crippen LogP contribution is 2.56. The molecule has 11 heteroatoms. The molecule has 2 saturated carbocycles. The van der Waals surface area contributed by atoms with E-state index in [1.54, 1.807) is 35.2 Å². The van der Waals surface area contributed by atoms with Crippen molar-refractivity contribution in [1.29, 1.82) is 0 Å². The monoisotopic (exact) mass is 532 g/mol. The average molecular weight is 533 g/mol. The maximum absolute atomic E-state index is 13.0. The number of amides is 3. The van der Waals surface area contributed by atoms with Crippen molar-refractivity contribution in [1.82, 2.24) is 24.8 Å². The fourth-order valence-electron chi connectivity index (χ4n) is 6.12. The van der Waals surface area contributed by atoms with Crippen LogP contribution in [0.1, 0.15) is 65.7 Å². The van der Waals surface area contributed by atoms with Crippen LogP contribution in [0.4, 0.5) is 0 Å². The molecule has 3 aromatic heterocycles. The Morgan fingerprint density at radius 3 is 2.77 bits per heavy atom. The van der Waals surface area contributed by atoms with Crippen LogP contribution < -0.4 is 20.5 Å². The summed E-state index contributed by atoms with van der Waals surface area (Å²) in [6, 6.07) is 7.06. The molecule has 1 spiro atoms. The molecule has 0 bridgehead atoms. The van der Waals surface area contributed by atoms with E-state index < -0.39 is 5.91 Å². The number of carbonyl (C=O) groups excluding carboxylic acids is 3. The summed E-state index contributed by atoms with van der Waals surface area (Å²) in [6.07, 6.45) is 10.8. The first-order chi connectivity index (χ1) is 18.9. The van der Waals surface area contributed by atoms with E-state index in [2.05, 4.69) is 15.4 Å². The Morgan fingerprint density at radius 2 is 2.00 bits per heavy atom. The van der Waals surface area contributed by atoms with Crippen LogP contribution in [0.15, 0.2) is 42.9 Å². The zero-order valence-corrected chi connectivity index (χ0v) is 21.7. The van der Waals surface area contributed by atoms with Gasteiger partial charge >= 0.3 is 0 Å². The van der Waals surface area contributed by atoms with Crippen LogP contribution in [0, 0.1) is 5.41 Å². The third kappa shape index (κ3) is 5.13. The Kier molecular flexibility index (Phi) is 6.58. The van der Waals surface area contributed by atoms with Gasteiger partial charge in [0.2, 0.25) is 11.8 Å². The van der Waals surface area contributed by atoms with Crippen molar-refractivity contribution in [2.75, 3.05) is 19.7 Å². The molecule has 6 rings (SSSR count). The number of hydrogen-bond donors (Lipinski definition) is 2. The van der Waals surface area contributed by atoms with Gasteiger partial charge in [-0.05, 0) is 68.2 Å². The second kappa shape index (κ2) is 10.2. The summed E-state index contributed by atoms with van der Waals surface area (Å²) in [6.45, 7) is 2.06. The minimum absolute atomic E-state index is 0.00612. The van der Waals surface area contributed by atoms with E-state index in [1.807, 2.05) is 17.0 Å². The Balaban J connectivity index is 0.962. The van der Waals surface area contributed by atoms with Gasteiger partial charge in [-0.1, -0.05) is 0 Å². The van der Waals surface area contributed by atoms with E-state index in [1.165, 1.54) is 0 Å². The number of fused-ring (bicyclic) bond motifs is 1. The van der Waals surface area contributed by atoms with Crippen LogP contribution in [0.2, 0.25) is 0 Å². The van der Waals surface area contributed by atoms with Crippen LogP contribution in [0.3, 0.4) is 0 Å². The molecule has 3 amide bonds. The van der Waals surface area contributed by atoms with Gasteiger partial charge in [-0.25, -0.2) is 9.50 Å². The lowest BCUT2D eigenvalue weighted by Crippen LogP contribution is -2.58. The molecule has 3 aliphatic rings. The Hall–Kier alpha value is -4.15. The first-order valence-corrected chi connectivity index (χ1v) is 13.5. The van der Waals surface area contributed by atoms with Crippen molar-refractivity contribution in [3.05, 3.63) is 54.0 Å². The number of ether oxygens (including phenoxy) is 2. The van der Waals surface area contributed by atoms with Crippen molar-refractivity contribution in [2.24, 2.45) is 11.1 Å². The lowest BCUT2D eigenvalue weighted by molar-refractivity contribution is -0.127. The highest BCUT2D eigenvalue weighted by atomic mass is 16.5. The van der Waals surface area contributed by atoms with Gasteiger partial charge in [-0.15, -0.1) is 0 Å². The van der Waals surface area contributed by atoms with Crippen LogP contribution in [-0.4, -0.2) is 69.1 Å². The van der Waals surface area contributed by atoms with Crippen LogP contribution in [0.25, 0.3) is 5.52 Å². The summed E-state index contributed by atoms with van der Waals surface area (Å²) in [5, 5.41) is 7.49. The second-order valence-corrected chi connectivity index (χ2v) is 10.9. The van der Waals surface area contributed by atoms with E-state index in [4.69, 9.17) is 15.2 Å². The number of hydrogen-bond acceptors (Lipinski definition) is 7. The molecule has 3 fully saturated rings. The topological polar surface area (TPSA) is 141 Å². The number of nitrogens with two attached hydrogens (primary N) is 1. The summed E-state index contributed by atoms with van der Waals surface area (Å²) in [5.41, 5.74) is 7.11. The normalized spacial score (nSPS) is 23.9. The van der Waals surface area contributed by atoms with E-state index in [0.717, 1.165) is 45.1 Å². The third-order valence-corrected chi connectivity index (χ3v) is 8.08. The van der Waals surface area contributed by atoms with Gasteiger partial charge in [0.1, 0.15) is 17.4 Å². The zero-order valence-electron chi connectivity index (χ0n) is 21.7. The molecular formula is C28H32N6O5. The molecule has 0 atom stereocenters. The molecule has 1 saturated heterocycles. The molecule has 3 aromatic rings. The minimum Gasteiger partial charge on any atom is -0.492 e. The van der Waals surface area contributed by atoms with Crippen LogP contribution >= 0.6 is 0 Å². The van der Waals surface area contributed by atoms with Crippen molar-refractivity contribution in [3.8, 4) is 11.6 Å². The molecule has 3 N–H and O–H groups in total. The van der Waals surface area contributed by atoms with Crippen molar-refractivity contribution < 1.29 is 23.9 Å². The molecule has 0 unspecified atom stereocenters. The van der Waals surface area contributed by atoms with Crippen molar-refractivity contribution in [2.45, 2.75) is 57.1 Å². The molecule has 11 nitrogen and oxygen atoms in total. The molecular weight excluding hydrogens is 500 g/mol. The Labute approximate surface area is 225 Å². The summed E-state index contributed by atoms with van der Waals surface area (Å²) in [4.78, 5) is 42.3. The molecule has 4 heterocycles. The minimum atomic E-state index is -0.554. The number of pyridine rings is 2. The molecule has 0 radical (unpaired) electrons. The lowest BCUT2D eigenvalue weighted by Gasteiger charge is -2.57. The van der Waals surface area contributed by atoms with Gasteiger partial charge < -0.3 is 25.4 Å². The number of aromatic nitrogens is 3. The van der Waals surface area contributed by atoms with E-state index in [0.29, 0.717) is 42.0 Å². The van der Waals surface area contributed by atoms with Crippen LogP contribution in [-0.2, 0) is 4.79 Å². The standard InChI is InChI=1S/C28H32N6O5/c29-25(36)21-4-1-8-30-27(21)39-20-14-28(15-20)12-18(13-28)32-26(37)22-16-31-34-17-19(6-7-23(22)34)38-11-3-10-33-9-2-5-24(33)35/h1,4,6-8,16-18,20H,2-3,5,9-15H2,(H2,29,36)(H,32,37). The first kappa shape index (κ1) is 25.1. The fraction of sp³-hybridized carbons (Fsp3) is 0.464. The summed E-state index contributed by atoms with van der Waals surface area (Å²) < 4.78 is 13.4. The largest absolute Gasteiger partial charge is 0.492 e. The first-order valence-electron chi connectivity index (χ1n) is 13.5. The number of nitrogens with one attached hydrogen (secondary N) is 1. The predicted molar refractivity (Wildman–Crippen MR) is 140 cm³/mol. The van der Waals surface area contributed by atoms with E-state index >= 15 is 0 Å². The maximum Gasteiger partial charge on any atom is 0.255 e. The van der Waals surface area contributed by atoms with Crippen molar-refractivity contribution >= 4 is 23.2 Å². The van der Waals surface area contributed by atoms with Gasteiger partial charge in [-0.2, -0.15) is 5.10 Å². The Bertz CT molecular complexity index is 1410. The fourth-order valence-corrected chi connectivity index (χ4v) is 6.12. The SMILES string of the molecule is NC(=O)c1cccnc1OC1CC2(CC(NC(=O)c3cnn4cc(OCCCN5CCCC5=O)ccc34)C2)C1. The summed E-state index contributed by atoms with van der Waals surface area (Å²) in [5.74, 6) is 0.487. The molecule has 204 valence electrons. The number of carbonyl (C=O) groups is 3. The van der Waals surface area contributed by atoms with Gasteiger partial charge in [0, 0.05) is 31.7 Å². The quantitative estimate of drug-likeness (QED) is 0.382. The summed E-state index contributed by atoms with van der Waals surface area (Å²) in [7, 11) is 0. The number of likely N-dealkylation sites (tertiary alicyclic amines) is 1. The summed E-state index contributed by atoms with van der Waals surface area (Å²) >= 11 is 0. The predicted octanol–water partition coefficient (Wildman–Crippen LogP) is 2.34. The van der Waals surface area contributed by atoms with Gasteiger partial charge in [-0.3, -0.25) is 14.4 Å². The number of primary amides is 1. The highest BCUT2D eigenvalue weighted by molar-refractivity contribution is 6.00. The lowest BCUT2D eigenvalue weighted by atomic mass is 9.53. The second-order valence-electron chi connectivity index (χ2n) is 10.9. The number of nitrogens with zero attached hydrogens (tertiary/aromatic N) is 4. The highest BCUT2D eigenvalue weighted by Gasteiger charge is 2.54. The molecule has 2 aliphatic carbocycles. The van der Waals surface area contributed by atoms with Crippen LogP contribution in [0.5, 0.6) is 11.6 Å². The van der Waals surface area contributed by atoms with Crippen molar-refractivity contribution in [3.63, 3.8) is 0 Å². The van der Waals surface area contributed by atoms with E-state index in [9.17, 15) is 14.4 Å². The van der Waals surface area contributed by atoms with Gasteiger partial charge in [0.05, 0.1) is 30.1 Å². The maximum atomic E-state index is 13.0. The Morgan fingerprint density at radius 1 is 1.15 bits per heavy atom. The van der Waals surface area contributed by atoms with Gasteiger partial charge in [0.25, 0.3) is 11.8 Å². The third-order valence-electron chi connectivity index (χ3n) is 8.08. The number of rotatable bonds is 10. The molecule has 1 aliphatic heterocycles. The molecule has 39 heavy (non-hydrogen) atoms. The smallest absolute Gasteiger partial charge is 0.255 e. The van der Waals surface area contributed by atoms with Gasteiger partial charge in [0.15, 0.2) is 0 Å². The average Bonchev–Trinajstić information content (AvgIpc) is 3.49. The molecule has 0 aromatic carbocycles.